The van der Waals surface area contributed by atoms with E-state index >= 15 is 0 Å². The molecule has 6 rings (SSSR count). The molecule has 2 atom stereocenters. The van der Waals surface area contributed by atoms with Gasteiger partial charge in [-0.3, -0.25) is 0 Å². The molecule has 2 unspecified atom stereocenters. The first-order chi connectivity index (χ1) is 15.1. The third-order valence-electron chi connectivity index (χ3n) is 5.70. The van der Waals surface area contributed by atoms with Gasteiger partial charge in [0.25, 0.3) is 0 Å². The Morgan fingerprint density at radius 1 is 0.647 bits per heavy atom. The van der Waals surface area contributed by atoms with E-state index in [2.05, 4.69) is 124 Å². The second-order valence-electron chi connectivity index (χ2n) is 8.29. The smallest absolute Gasteiger partial charge is 0.0307 e. The second kappa shape index (κ2) is 14.2. The number of benzene rings is 2. The molecular weight excluding hydrogens is 638 g/mol. The molecule has 2 aromatic rings. The Hall–Kier alpha value is -1.45. The van der Waals surface area contributed by atoms with Gasteiger partial charge in [-0.15, -0.1) is 119 Å². The van der Waals surface area contributed by atoms with Gasteiger partial charge in [0.15, 0.2) is 0 Å². The van der Waals surface area contributed by atoms with Crippen LogP contribution in [0.3, 0.4) is 0 Å². The van der Waals surface area contributed by atoms with E-state index in [-0.39, 0.29) is 50.7 Å². The number of hydrogen-bond acceptors (Lipinski definition) is 0. The van der Waals surface area contributed by atoms with E-state index in [9.17, 15) is 0 Å². The van der Waals surface area contributed by atoms with Crippen LogP contribution in [0.25, 0.3) is 0 Å². The monoisotopic (exact) mass is 668 g/mol. The van der Waals surface area contributed by atoms with Crippen molar-refractivity contribution in [1.29, 1.82) is 0 Å². The molecule has 4 aliphatic rings. The van der Waals surface area contributed by atoms with Gasteiger partial charge in [0.1, 0.15) is 0 Å². The predicted octanol–water partition coefficient (Wildman–Crippen LogP) is 8.22. The SMILES string of the molecule is C[Si]C.Cc1ccc2c(c1)[C-]=C1C=CC=CC12.Cc1ccc2c(c1)[C-]=C1C=CC=CC12.Cl.Cl.[Hf]. The Morgan fingerprint density at radius 2 is 1.03 bits per heavy atom. The van der Waals surface area contributed by atoms with Crippen LogP contribution < -0.4 is 0 Å². The molecule has 4 heteroatoms. The van der Waals surface area contributed by atoms with Crippen molar-refractivity contribution in [3.63, 3.8) is 0 Å². The number of rotatable bonds is 0. The molecule has 0 amide bonds. The summed E-state index contributed by atoms with van der Waals surface area (Å²) in [5.74, 6) is 0.909. The van der Waals surface area contributed by atoms with Gasteiger partial charge in [0.05, 0.1) is 0 Å². The Kier molecular flexibility index (Phi) is 12.8. The van der Waals surface area contributed by atoms with Crippen LogP contribution in [-0.2, 0) is 25.8 Å². The maximum Gasteiger partial charge on any atom is 0.0307 e. The van der Waals surface area contributed by atoms with Gasteiger partial charge in [0.2, 0.25) is 0 Å². The van der Waals surface area contributed by atoms with Gasteiger partial charge in [-0.1, -0.05) is 60.7 Å². The summed E-state index contributed by atoms with van der Waals surface area (Å²) in [7, 11) is 1.08. The standard InChI is InChI=1S/2C14H11.C2H6Si.2ClH.Hf/c2*1-10-6-7-14-12(8-10)9-11-4-2-3-5-13(11)14;1-3-2;;;/h2*2-8,13H,1H3;1-2H3;2*1H;/q2*-1;;;;. The Bertz CT molecular complexity index is 1080. The molecule has 0 heterocycles. The maximum absolute atomic E-state index is 3.46. The van der Waals surface area contributed by atoms with Gasteiger partial charge in [-0.05, 0) is 25.7 Å². The van der Waals surface area contributed by atoms with E-state index in [0.29, 0.717) is 11.8 Å². The first-order valence-electron chi connectivity index (χ1n) is 10.9. The summed E-state index contributed by atoms with van der Waals surface area (Å²) in [5.41, 5.74) is 10.5. The van der Waals surface area contributed by atoms with Crippen molar-refractivity contribution in [2.45, 2.75) is 38.8 Å². The van der Waals surface area contributed by atoms with Crippen molar-refractivity contribution in [3.8, 4) is 0 Å². The van der Waals surface area contributed by atoms with Crippen molar-refractivity contribution in [2.24, 2.45) is 0 Å². The van der Waals surface area contributed by atoms with Gasteiger partial charge in [-0.25, -0.2) is 0 Å². The quantitative estimate of drug-likeness (QED) is 0.196. The van der Waals surface area contributed by atoms with Gasteiger partial charge < -0.3 is 0 Å². The molecule has 0 spiro atoms. The van der Waals surface area contributed by atoms with Crippen LogP contribution in [0.5, 0.6) is 0 Å². The second-order valence-corrected chi connectivity index (χ2v) is 9.29. The van der Waals surface area contributed by atoms with Crippen molar-refractivity contribution in [2.75, 3.05) is 0 Å². The van der Waals surface area contributed by atoms with Crippen LogP contribution >= 0.6 is 24.8 Å². The summed E-state index contributed by atoms with van der Waals surface area (Å²) in [6.07, 6.45) is 24.1. The largest absolute Gasteiger partial charge is 0.147 e. The number of hydrogen-bond donors (Lipinski definition) is 0. The minimum atomic E-state index is 0. The van der Waals surface area contributed by atoms with Crippen LogP contribution in [0, 0.1) is 26.0 Å². The van der Waals surface area contributed by atoms with Gasteiger partial charge >= 0.3 is 0 Å². The van der Waals surface area contributed by atoms with Gasteiger partial charge in [0, 0.05) is 35.4 Å². The zero-order valence-electron chi connectivity index (χ0n) is 20.1. The molecule has 0 nitrogen and oxygen atoms in total. The summed E-state index contributed by atoms with van der Waals surface area (Å²) >= 11 is 0. The van der Waals surface area contributed by atoms with Crippen LogP contribution in [0.2, 0.25) is 13.1 Å². The normalized spacial score (nSPS) is 18.5. The molecule has 0 aromatic heterocycles. The van der Waals surface area contributed by atoms with Crippen LogP contribution in [0.15, 0.2) is 96.2 Å². The first-order valence-corrected chi connectivity index (χ1v) is 12.9. The predicted molar refractivity (Wildman–Crippen MR) is 148 cm³/mol. The summed E-state index contributed by atoms with van der Waals surface area (Å²) in [6, 6.07) is 13.2. The van der Waals surface area contributed by atoms with E-state index in [1.807, 2.05) is 0 Å². The fourth-order valence-corrected chi connectivity index (χ4v) is 4.28. The molecular formula is C30H30Cl2HfSi-2. The summed E-state index contributed by atoms with van der Waals surface area (Å²) in [6.45, 7) is 8.56. The van der Waals surface area contributed by atoms with Crippen molar-refractivity contribution in [3.05, 3.63) is 142 Å². The molecule has 0 saturated carbocycles. The van der Waals surface area contributed by atoms with Gasteiger partial charge in [-0.2, -0.15) is 0 Å². The topological polar surface area (TPSA) is 0 Å². The Labute approximate surface area is 239 Å². The number of fused-ring (bicyclic) bond motifs is 6. The molecule has 0 fully saturated rings. The van der Waals surface area contributed by atoms with E-state index in [1.165, 1.54) is 44.5 Å². The molecule has 0 bridgehead atoms. The van der Waals surface area contributed by atoms with E-state index in [0.717, 1.165) is 9.52 Å². The average Bonchev–Trinajstić information content (AvgIpc) is 3.31. The minimum Gasteiger partial charge on any atom is -0.147 e. The Morgan fingerprint density at radius 3 is 1.41 bits per heavy atom. The van der Waals surface area contributed by atoms with E-state index in [4.69, 9.17) is 0 Å². The first kappa shape index (κ1) is 30.6. The summed E-state index contributed by atoms with van der Waals surface area (Å²) in [4.78, 5) is 0. The molecule has 2 aromatic carbocycles. The molecule has 2 radical (unpaired) electrons. The molecule has 4 aliphatic carbocycles. The minimum absolute atomic E-state index is 0. The zero-order valence-corrected chi connectivity index (χ0v) is 26.3. The van der Waals surface area contributed by atoms with Crippen LogP contribution in [-0.4, -0.2) is 9.52 Å². The number of halogens is 2. The third kappa shape index (κ3) is 6.82. The number of allylic oxidation sites excluding steroid dienone is 10. The molecule has 174 valence electrons. The fourth-order valence-electron chi connectivity index (χ4n) is 4.28. The van der Waals surface area contributed by atoms with Crippen LogP contribution in [0.4, 0.5) is 0 Å². The number of aryl methyl sites for hydroxylation is 2. The third-order valence-corrected chi connectivity index (χ3v) is 5.70. The van der Waals surface area contributed by atoms with Crippen molar-refractivity contribution < 1.29 is 25.8 Å². The molecule has 34 heavy (non-hydrogen) atoms. The Balaban J connectivity index is 0.000000283. The summed E-state index contributed by atoms with van der Waals surface area (Å²) < 4.78 is 0. The molecule has 0 saturated heterocycles. The van der Waals surface area contributed by atoms with Crippen molar-refractivity contribution >= 4 is 34.3 Å². The maximum atomic E-state index is 3.46. The average molecular weight is 668 g/mol. The van der Waals surface area contributed by atoms with E-state index < -0.39 is 0 Å². The summed E-state index contributed by atoms with van der Waals surface area (Å²) in [5, 5.41) is 0. The molecule has 0 N–H and O–H groups in total. The fraction of sp³-hybridized carbons (Fsp3) is 0.200. The molecule has 0 aliphatic heterocycles. The zero-order chi connectivity index (χ0) is 21.8. The van der Waals surface area contributed by atoms with Crippen LogP contribution in [0.1, 0.15) is 45.2 Å². The van der Waals surface area contributed by atoms with E-state index in [1.54, 1.807) is 0 Å². The van der Waals surface area contributed by atoms with Crippen molar-refractivity contribution in [1.82, 2.24) is 0 Å².